The summed E-state index contributed by atoms with van der Waals surface area (Å²) in [5.74, 6) is 0.108. The molecule has 2 amide bonds. The lowest BCUT2D eigenvalue weighted by atomic mass is 10.1. The molecule has 1 heterocycles. The van der Waals surface area contributed by atoms with Gasteiger partial charge in [0, 0.05) is 24.0 Å². The first-order valence-corrected chi connectivity index (χ1v) is 9.33. The Labute approximate surface area is 168 Å². The summed E-state index contributed by atoms with van der Waals surface area (Å²) in [7, 11) is 2.96. The third-order valence-electron chi connectivity index (χ3n) is 4.71. The molecule has 0 atom stereocenters. The zero-order valence-corrected chi connectivity index (χ0v) is 16.9. The molecular formula is C21H24N4O4. The number of fused-ring (bicyclic) bond motifs is 1. The molecule has 152 valence electrons. The largest absolute Gasteiger partial charge is 0.493 e. The molecule has 0 saturated carbocycles. The summed E-state index contributed by atoms with van der Waals surface area (Å²) in [6, 6.07) is 10.5. The van der Waals surface area contributed by atoms with E-state index in [2.05, 4.69) is 15.5 Å². The van der Waals surface area contributed by atoms with Crippen molar-refractivity contribution in [1.82, 2.24) is 15.1 Å². The monoisotopic (exact) mass is 396 g/mol. The van der Waals surface area contributed by atoms with Gasteiger partial charge in [-0.2, -0.15) is 5.10 Å². The molecule has 0 aliphatic heterocycles. The number of amides is 2. The molecule has 3 rings (SSSR count). The summed E-state index contributed by atoms with van der Waals surface area (Å²) in [5.41, 5.74) is 1.74. The standard InChI is InChI=1S/C21H24N4O4/c1-5-25(6-2)21(27)13-11-16(19(29-4)17(12-13)28-3)22-20(26)18-14-9-7-8-10-15(14)23-24-18/h7-12H,5-6H2,1-4H3,(H,22,26)(H,23,24). The van der Waals surface area contributed by atoms with Gasteiger partial charge in [0.1, 0.15) is 0 Å². The molecule has 8 nitrogen and oxygen atoms in total. The molecule has 2 N–H and O–H groups in total. The number of anilines is 1. The van der Waals surface area contributed by atoms with Crippen LogP contribution >= 0.6 is 0 Å². The minimum Gasteiger partial charge on any atom is -0.493 e. The van der Waals surface area contributed by atoms with Gasteiger partial charge in [-0.3, -0.25) is 14.7 Å². The van der Waals surface area contributed by atoms with E-state index in [0.29, 0.717) is 41.2 Å². The van der Waals surface area contributed by atoms with Crippen LogP contribution in [-0.2, 0) is 0 Å². The Hall–Kier alpha value is -3.55. The van der Waals surface area contributed by atoms with Crippen LogP contribution in [0.4, 0.5) is 5.69 Å². The molecule has 1 aromatic heterocycles. The summed E-state index contributed by atoms with van der Waals surface area (Å²) in [6.07, 6.45) is 0. The van der Waals surface area contributed by atoms with Crippen LogP contribution in [0.2, 0.25) is 0 Å². The summed E-state index contributed by atoms with van der Waals surface area (Å²) < 4.78 is 10.8. The smallest absolute Gasteiger partial charge is 0.276 e. The van der Waals surface area contributed by atoms with Gasteiger partial charge in [-0.05, 0) is 32.0 Å². The van der Waals surface area contributed by atoms with E-state index in [4.69, 9.17) is 9.47 Å². The number of ether oxygens (including phenoxy) is 2. The van der Waals surface area contributed by atoms with Gasteiger partial charge in [0.2, 0.25) is 0 Å². The molecule has 8 heteroatoms. The number of methoxy groups -OCH3 is 2. The highest BCUT2D eigenvalue weighted by molar-refractivity contribution is 6.12. The molecule has 0 spiro atoms. The molecular weight excluding hydrogens is 372 g/mol. The van der Waals surface area contributed by atoms with Crippen LogP contribution in [0.3, 0.4) is 0 Å². The van der Waals surface area contributed by atoms with E-state index in [0.717, 1.165) is 5.52 Å². The van der Waals surface area contributed by atoms with Crippen LogP contribution in [0, 0.1) is 0 Å². The lowest BCUT2D eigenvalue weighted by Gasteiger charge is -2.21. The molecule has 2 aromatic carbocycles. The second-order valence-electron chi connectivity index (χ2n) is 6.31. The Morgan fingerprint density at radius 1 is 1.10 bits per heavy atom. The van der Waals surface area contributed by atoms with Gasteiger partial charge in [0.15, 0.2) is 17.2 Å². The van der Waals surface area contributed by atoms with Crippen molar-refractivity contribution in [3.05, 3.63) is 47.7 Å². The van der Waals surface area contributed by atoms with Crippen LogP contribution in [-0.4, -0.2) is 54.2 Å². The molecule has 0 unspecified atom stereocenters. The maximum atomic E-state index is 12.9. The van der Waals surface area contributed by atoms with Crippen LogP contribution < -0.4 is 14.8 Å². The molecule has 3 aromatic rings. The Bertz CT molecular complexity index is 1040. The Morgan fingerprint density at radius 2 is 1.83 bits per heavy atom. The Balaban J connectivity index is 2.01. The number of benzene rings is 2. The third-order valence-corrected chi connectivity index (χ3v) is 4.71. The van der Waals surface area contributed by atoms with Crippen molar-refractivity contribution in [3.63, 3.8) is 0 Å². The summed E-state index contributed by atoms with van der Waals surface area (Å²) >= 11 is 0. The fourth-order valence-electron chi connectivity index (χ4n) is 3.19. The number of nitrogens with zero attached hydrogens (tertiary/aromatic N) is 2. The average Bonchev–Trinajstić information content (AvgIpc) is 3.18. The minimum atomic E-state index is -0.421. The highest BCUT2D eigenvalue weighted by atomic mass is 16.5. The maximum Gasteiger partial charge on any atom is 0.276 e. The van der Waals surface area contributed by atoms with Crippen LogP contribution in [0.5, 0.6) is 11.5 Å². The maximum absolute atomic E-state index is 12.9. The lowest BCUT2D eigenvalue weighted by Crippen LogP contribution is -2.30. The number of H-pyrrole nitrogens is 1. The van der Waals surface area contributed by atoms with Crippen molar-refractivity contribution in [1.29, 1.82) is 0 Å². The van der Waals surface area contributed by atoms with Crippen LogP contribution in [0.25, 0.3) is 10.9 Å². The first-order valence-electron chi connectivity index (χ1n) is 9.33. The van der Waals surface area contributed by atoms with E-state index < -0.39 is 5.91 Å². The van der Waals surface area contributed by atoms with Gasteiger partial charge in [-0.15, -0.1) is 0 Å². The van der Waals surface area contributed by atoms with Crippen molar-refractivity contribution in [2.75, 3.05) is 32.6 Å². The van der Waals surface area contributed by atoms with E-state index >= 15 is 0 Å². The number of para-hydroxylation sites is 1. The van der Waals surface area contributed by atoms with Crippen molar-refractivity contribution in [2.45, 2.75) is 13.8 Å². The summed E-state index contributed by atoms with van der Waals surface area (Å²) in [6.45, 7) is 4.97. The van der Waals surface area contributed by atoms with Crippen molar-refractivity contribution in [2.24, 2.45) is 0 Å². The molecule has 0 saturated heterocycles. The Morgan fingerprint density at radius 3 is 2.48 bits per heavy atom. The highest BCUT2D eigenvalue weighted by Gasteiger charge is 2.22. The van der Waals surface area contributed by atoms with Crippen molar-refractivity contribution >= 4 is 28.4 Å². The zero-order chi connectivity index (χ0) is 21.0. The number of aromatic amines is 1. The fraction of sp³-hybridized carbons (Fsp3) is 0.286. The molecule has 0 aliphatic carbocycles. The normalized spacial score (nSPS) is 10.6. The van der Waals surface area contributed by atoms with Gasteiger partial charge in [0.05, 0.1) is 25.4 Å². The number of rotatable bonds is 7. The first kappa shape index (κ1) is 20.2. The molecule has 0 aliphatic rings. The second kappa shape index (κ2) is 8.64. The molecule has 29 heavy (non-hydrogen) atoms. The van der Waals surface area contributed by atoms with E-state index in [-0.39, 0.29) is 11.6 Å². The lowest BCUT2D eigenvalue weighted by molar-refractivity contribution is 0.0772. The van der Waals surface area contributed by atoms with Gasteiger partial charge in [-0.25, -0.2) is 0 Å². The number of carbonyl (C=O) groups excluding carboxylic acids is 2. The molecule has 0 bridgehead atoms. The highest BCUT2D eigenvalue weighted by Crippen LogP contribution is 2.37. The van der Waals surface area contributed by atoms with E-state index in [1.165, 1.54) is 14.2 Å². The van der Waals surface area contributed by atoms with Gasteiger partial charge >= 0.3 is 0 Å². The molecule has 0 fully saturated rings. The summed E-state index contributed by atoms with van der Waals surface area (Å²) in [5, 5.41) is 10.5. The average molecular weight is 396 g/mol. The predicted octanol–water partition coefficient (Wildman–Crippen LogP) is 3.31. The van der Waals surface area contributed by atoms with Crippen LogP contribution in [0.15, 0.2) is 36.4 Å². The topological polar surface area (TPSA) is 96.6 Å². The van der Waals surface area contributed by atoms with Gasteiger partial charge in [-0.1, -0.05) is 18.2 Å². The number of hydrogen-bond donors (Lipinski definition) is 2. The second-order valence-corrected chi connectivity index (χ2v) is 6.31. The molecule has 0 radical (unpaired) electrons. The van der Waals surface area contributed by atoms with E-state index in [1.807, 2.05) is 38.1 Å². The number of aromatic nitrogens is 2. The van der Waals surface area contributed by atoms with E-state index in [9.17, 15) is 9.59 Å². The van der Waals surface area contributed by atoms with Gasteiger partial charge in [0.25, 0.3) is 11.8 Å². The van der Waals surface area contributed by atoms with Gasteiger partial charge < -0.3 is 19.7 Å². The first-order chi connectivity index (χ1) is 14.0. The fourth-order valence-corrected chi connectivity index (χ4v) is 3.19. The SMILES string of the molecule is CCN(CC)C(=O)c1cc(NC(=O)c2n[nH]c3ccccc23)c(OC)c(OC)c1. The van der Waals surface area contributed by atoms with Crippen LogP contribution in [0.1, 0.15) is 34.7 Å². The quantitative estimate of drug-likeness (QED) is 0.639. The number of carbonyl (C=O) groups is 2. The Kier molecular flexibility index (Phi) is 6.01. The zero-order valence-electron chi connectivity index (χ0n) is 16.9. The summed E-state index contributed by atoms with van der Waals surface area (Å²) in [4.78, 5) is 27.4. The number of nitrogens with one attached hydrogen (secondary N) is 2. The third kappa shape index (κ3) is 3.87. The predicted molar refractivity (Wildman–Crippen MR) is 111 cm³/mol. The van der Waals surface area contributed by atoms with Crippen molar-refractivity contribution < 1.29 is 19.1 Å². The number of hydrogen-bond acceptors (Lipinski definition) is 5. The van der Waals surface area contributed by atoms with E-state index in [1.54, 1.807) is 17.0 Å². The minimum absolute atomic E-state index is 0.156. The van der Waals surface area contributed by atoms with Crippen molar-refractivity contribution in [3.8, 4) is 11.5 Å².